The van der Waals surface area contributed by atoms with E-state index in [2.05, 4.69) is 37.2 Å². The Morgan fingerprint density at radius 1 is 1.10 bits per heavy atom. The van der Waals surface area contributed by atoms with Crippen molar-refractivity contribution in [3.8, 4) is 5.69 Å². The Morgan fingerprint density at radius 2 is 1.83 bits per heavy atom. The minimum Gasteiger partial charge on any atom is -0.480 e. The summed E-state index contributed by atoms with van der Waals surface area (Å²) in [7, 11) is 0. The second kappa shape index (κ2) is 10.6. The lowest BCUT2D eigenvalue weighted by atomic mass is 9.62. The summed E-state index contributed by atoms with van der Waals surface area (Å²) in [6.45, 7) is 0.988. The van der Waals surface area contributed by atoms with E-state index < -0.39 is 17.4 Å². The van der Waals surface area contributed by atoms with Crippen molar-refractivity contribution >= 4 is 44.5 Å². The molecule has 41 heavy (non-hydrogen) atoms. The normalized spacial score (nSPS) is 20.8. The molecule has 0 bridgehead atoms. The number of benzene rings is 1. The molecule has 3 saturated carbocycles. The van der Waals surface area contributed by atoms with Crippen molar-refractivity contribution < 1.29 is 14.7 Å². The largest absolute Gasteiger partial charge is 0.480 e. The summed E-state index contributed by atoms with van der Waals surface area (Å²) < 4.78 is 2.67. The minimum atomic E-state index is -0.921. The predicted molar refractivity (Wildman–Crippen MR) is 161 cm³/mol. The number of pyridine rings is 1. The zero-order chi connectivity index (χ0) is 28.1. The number of aliphatic carboxylic acids is 1. The van der Waals surface area contributed by atoms with E-state index in [9.17, 15) is 14.7 Å². The van der Waals surface area contributed by atoms with E-state index in [1.807, 2.05) is 30.5 Å². The second-order valence-corrected chi connectivity index (χ2v) is 13.3. The summed E-state index contributed by atoms with van der Waals surface area (Å²) in [5.41, 5.74) is 4.90. The molecule has 8 nitrogen and oxygen atoms in total. The first kappa shape index (κ1) is 26.7. The molecular formula is C32H36BrN5O3. The summed E-state index contributed by atoms with van der Waals surface area (Å²) >= 11 is 3.42. The van der Waals surface area contributed by atoms with Crippen LogP contribution in [0.2, 0.25) is 0 Å². The van der Waals surface area contributed by atoms with Gasteiger partial charge in [-0.25, -0.2) is 14.8 Å². The van der Waals surface area contributed by atoms with Crippen molar-refractivity contribution in [1.82, 2.24) is 19.9 Å². The molecular weight excluding hydrogens is 582 g/mol. The number of carboxylic acids is 1. The first-order valence-electron chi connectivity index (χ1n) is 15.1. The molecule has 3 N–H and O–H groups in total. The van der Waals surface area contributed by atoms with E-state index >= 15 is 0 Å². The van der Waals surface area contributed by atoms with Crippen LogP contribution in [0.3, 0.4) is 0 Å². The molecule has 0 saturated heterocycles. The van der Waals surface area contributed by atoms with Crippen molar-refractivity contribution in [2.45, 2.75) is 76.7 Å². The number of rotatable bonds is 11. The van der Waals surface area contributed by atoms with Gasteiger partial charge >= 0.3 is 5.97 Å². The number of nitrogens with zero attached hydrogens (tertiary/aromatic N) is 3. The minimum absolute atomic E-state index is 0.113. The Hall–Kier alpha value is -3.20. The Labute approximate surface area is 248 Å². The lowest BCUT2D eigenvalue weighted by molar-refractivity contribution is -0.140. The fourth-order valence-electron chi connectivity index (χ4n) is 6.49. The monoisotopic (exact) mass is 617 g/mol. The number of aromatic nitrogens is 3. The molecule has 2 heterocycles. The van der Waals surface area contributed by atoms with Crippen LogP contribution in [-0.4, -0.2) is 44.0 Å². The zero-order valence-electron chi connectivity index (χ0n) is 23.2. The number of halogens is 1. The number of imidazole rings is 1. The van der Waals surface area contributed by atoms with Crippen molar-refractivity contribution in [2.24, 2.45) is 17.3 Å². The van der Waals surface area contributed by atoms with Gasteiger partial charge in [-0.15, -0.1) is 0 Å². The number of nitrogens with one attached hydrogen (secondary N) is 2. The standard InChI is InChI=1S/C32H36BrN5O3/c33-27-28(32(29(27)39)12-2-1-3-13-32)37-25(31(40)41)14-19-8-10-23(11-9-19)38-26(15-20-4-5-20)36-24-16-22(18-35-30(24)38)34-17-21-6-7-21/h8-11,16,18,20-21,25,34,37H,1-7,12-15,17H2,(H,40,41)/t25-/m0/s1. The molecule has 9 heteroatoms. The summed E-state index contributed by atoms with van der Waals surface area (Å²) in [5, 5.41) is 16.8. The smallest absolute Gasteiger partial charge is 0.326 e. The molecule has 0 radical (unpaired) electrons. The molecule has 2 aromatic heterocycles. The van der Waals surface area contributed by atoms with Gasteiger partial charge in [-0.1, -0.05) is 31.4 Å². The van der Waals surface area contributed by atoms with Gasteiger partial charge in [0.2, 0.25) is 0 Å². The third kappa shape index (κ3) is 5.17. The Kier molecular flexibility index (Phi) is 6.88. The van der Waals surface area contributed by atoms with Crippen LogP contribution in [0, 0.1) is 17.3 Å². The lowest BCUT2D eigenvalue weighted by Crippen LogP contribution is -2.53. The van der Waals surface area contributed by atoms with Crippen LogP contribution >= 0.6 is 15.9 Å². The maximum atomic E-state index is 12.8. The van der Waals surface area contributed by atoms with Crippen LogP contribution in [0.1, 0.15) is 69.2 Å². The number of Topliss-reactive ketones (excluding diaryl/α,β-unsaturated/α-hetero) is 1. The van der Waals surface area contributed by atoms with Gasteiger partial charge in [0.05, 0.1) is 21.8 Å². The van der Waals surface area contributed by atoms with Crippen LogP contribution < -0.4 is 10.6 Å². The average Bonchev–Trinajstić information content (AvgIpc) is 3.93. The molecule has 0 aliphatic heterocycles. The summed E-state index contributed by atoms with van der Waals surface area (Å²) in [4.78, 5) is 34.9. The molecule has 3 fully saturated rings. The van der Waals surface area contributed by atoms with E-state index in [4.69, 9.17) is 9.97 Å². The van der Waals surface area contributed by atoms with Gasteiger partial charge in [-0.2, -0.15) is 0 Å². The Morgan fingerprint density at radius 3 is 2.51 bits per heavy atom. The van der Waals surface area contributed by atoms with Crippen molar-refractivity contribution in [3.05, 3.63) is 58.1 Å². The predicted octanol–water partition coefficient (Wildman–Crippen LogP) is 5.92. The molecule has 1 atom stereocenters. The Balaban J connectivity index is 1.12. The zero-order valence-corrected chi connectivity index (χ0v) is 24.8. The number of carbonyl (C=O) groups excluding carboxylic acids is 1. The number of carboxylic acid groups (broad SMARTS) is 1. The highest BCUT2D eigenvalue weighted by Gasteiger charge is 2.53. The highest BCUT2D eigenvalue weighted by molar-refractivity contribution is 9.12. The van der Waals surface area contributed by atoms with Gasteiger partial charge in [-0.3, -0.25) is 9.36 Å². The highest BCUT2D eigenvalue weighted by atomic mass is 79.9. The maximum Gasteiger partial charge on any atom is 0.326 e. The second-order valence-electron chi connectivity index (χ2n) is 12.5. The number of hydrogen-bond acceptors (Lipinski definition) is 6. The van der Waals surface area contributed by atoms with Gasteiger partial charge in [0, 0.05) is 30.8 Å². The van der Waals surface area contributed by atoms with E-state index in [-0.39, 0.29) is 5.78 Å². The van der Waals surface area contributed by atoms with Crippen LogP contribution in [0.5, 0.6) is 0 Å². The topological polar surface area (TPSA) is 109 Å². The number of ketones is 1. The molecule has 0 unspecified atom stereocenters. The molecule has 4 aliphatic rings. The first-order valence-corrected chi connectivity index (χ1v) is 15.9. The SMILES string of the molecule is O=C(O)[C@H](Cc1ccc(-n2c(CC3CC3)nc3cc(NCC4CC4)cnc32)cc1)NC1=C(Br)C(=O)C12CCCCC2. The quantitative estimate of drug-likeness (QED) is 0.245. The molecule has 3 aromatic rings. The van der Waals surface area contributed by atoms with Crippen molar-refractivity contribution in [2.75, 3.05) is 11.9 Å². The van der Waals surface area contributed by atoms with E-state index in [1.54, 1.807) is 0 Å². The molecule has 1 spiro atoms. The lowest BCUT2D eigenvalue weighted by Gasteiger charge is -2.46. The van der Waals surface area contributed by atoms with Crippen molar-refractivity contribution in [3.63, 3.8) is 0 Å². The molecule has 7 rings (SSSR count). The van der Waals surface area contributed by atoms with Gasteiger partial charge in [0.1, 0.15) is 17.4 Å². The summed E-state index contributed by atoms with van der Waals surface area (Å²) in [6, 6.07) is 9.35. The number of carbonyl (C=O) groups is 2. The molecule has 0 amide bonds. The van der Waals surface area contributed by atoms with Gasteiger partial charge in [0.15, 0.2) is 11.4 Å². The maximum absolute atomic E-state index is 12.8. The number of hydrogen-bond donors (Lipinski definition) is 3. The van der Waals surface area contributed by atoms with Crippen LogP contribution in [0.15, 0.2) is 46.7 Å². The fraction of sp³-hybridized carbons (Fsp3) is 0.500. The molecule has 4 aliphatic carbocycles. The molecule has 214 valence electrons. The number of fused-ring (bicyclic) bond motifs is 1. The third-order valence-electron chi connectivity index (χ3n) is 9.32. The van der Waals surface area contributed by atoms with Crippen LogP contribution in [-0.2, 0) is 22.4 Å². The third-order valence-corrected chi connectivity index (χ3v) is 10.1. The number of anilines is 1. The highest BCUT2D eigenvalue weighted by Crippen LogP contribution is 2.53. The van der Waals surface area contributed by atoms with Gasteiger partial charge in [-0.05, 0) is 90.1 Å². The van der Waals surface area contributed by atoms with E-state index in [0.29, 0.717) is 16.8 Å². The Bertz CT molecular complexity index is 1530. The average molecular weight is 619 g/mol. The van der Waals surface area contributed by atoms with E-state index in [1.165, 1.54) is 25.7 Å². The fourth-order valence-corrected chi connectivity index (χ4v) is 7.36. The number of allylic oxidation sites excluding steroid dienone is 2. The van der Waals surface area contributed by atoms with Crippen LogP contribution in [0.4, 0.5) is 5.69 Å². The van der Waals surface area contributed by atoms with Crippen LogP contribution in [0.25, 0.3) is 16.9 Å². The van der Waals surface area contributed by atoms with E-state index in [0.717, 1.165) is 90.6 Å². The molecule has 1 aromatic carbocycles. The summed E-state index contributed by atoms with van der Waals surface area (Å²) in [6.07, 6.45) is 12.9. The van der Waals surface area contributed by atoms with Gasteiger partial charge in [0.25, 0.3) is 0 Å². The van der Waals surface area contributed by atoms with Gasteiger partial charge < -0.3 is 15.7 Å². The van der Waals surface area contributed by atoms with Crippen molar-refractivity contribution in [1.29, 1.82) is 0 Å². The summed E-state index contributed by atoms with van der Waals surface area (Å²) in [5.74, 6) is 1.68. The first-order chi connectivity index (χ1) is 19.9.